The molecule has 1 aromatic rings. The van der Waals surface area contributed by atoms with E-state index in [1.807, 2.05) is 27.7 Å². The number of aliphatic hydroxyl groups is 1. The molecule has 0 aliphatic heterocycles. The van der Waals surface area contributed by atoms with Gasteiger partial charge in [0, 0.05) is 0 Å². The molecule has 6 nitrogen and oxygen atoms in total. The Bertz CT molecular complexity index is 569. The van der Waals surface area contributed by atoms with Gasteiger partial charge in [0.15, 0.2) is 6.29 Å². The van der Waals surface area contributed by atoms with Gasteiger partial charge < -0.3 is 15.7 Å². The van der Waals surface area contributed by atoms with Crippen LogP contribution in [0.2, 0.25) is 0 Å². The third-order valence-corrected chi connectivity index (χ3v) is 4.53. The number of rotatable bonds is 9. The van der Waals surface area contributed by atoms with Crippen LogP contribution in [0.3, 0.4) is 0 Å². The maximum Gasteiger partial charge on any atom is 0.262 e. The molecule has 0 fully saturated rings. The molecule has 1 rings (SSSR count). The molecule has 0 aliphatic carbocycles. The molecular weight excluding hydrogens is 328 g/mol. The van der Waals surface area contributed by atoms with Crippen molar-refractivity contribution in [1.29, 1.82) is 0 Å². The number of carbonyl (C=O) groups is 3. The summed E-state index contributed by atoms with van der Waals surface area (Å²) in [6.07, 6.45) is 1.35. The van der Waals surface area contributed by atoms with E-state index in [9.17, 15) is 19.5 Å². The van der Waals surface area contributed by atoms with E-state index in [1.54, 1.807) is 12.1 Å². The molecule has 0 saturated heterocycles. The molecule has 0 aliphatic rings. The third kappa shape index (κ3) is 6.05. The zero-order valence-corrected chi connectivity index (χ0v) is 15.4. The van der Waals surface area contributed by atoms with Crippen LogP contribution in [-0.4, -0.2) is 41.9 Å². The maximum atomic E-state index is 12.5. The number of amides is 2. The molecule has 1 aromatic heterocycles. The smallest absolute Gasteiger partial charge is 0.262 e. The molecule has 0 unspecified atom stereocenters. The van der Waals surface area contributed by atoms with Gasteiger partial charge in [0.25, 0.3) is 5.91 Å². The van der Waals surface area contributed by atoms with Crippen molar-refractivity contribution in [3.8, 4) is 0 Å². The van der Waals surface area contributed by atoms with Crippen LogP contribution in [0.25, 0.3) is 0 Å². The molecule has 7 heteroatoms. The van der Waals surface area contributed by atoms with Crippen LogP contribution < -0.4 is 10.6 Å². The molecule has 0 radical (unpaired) electrons. The van der Waals surface area contributed by atoms with E-state index in [2.05, 4.69) is 10.6 Å². The summed E-state index contributed by atoms with van der Waals surface area (Å²) in [5.74, 6) is -0.475. The number of hydrogen-bond acceptors (Lipinski definition) is 5. The van der Waals surface area contributed by atoms with Crippen LogP contribution >= 0.6 is 11.3 Å². The van der Waals surface area contributed by atoms with Crippen molar-refractivity contribution < 1.29 is 19.5 Å². The SMILES string of the molecule is CC(C)C[C@@H](CO)NC(=O)[C@@H](NC(=O)c1ccc(C=O)s1)C(C)C. The highest BCUT2D eigenvalue weighted by molar-refractivity contribution is 7.15. The van der Waals surface area contributed by atoms with Gasteiger partial charge in [-0.25, -0.2) is 0 Å². The normalized spacial score (nSPS) is 13.6. The van der Waals surface area contributed by atoms with E-state index in [0.29, 0.717) is 28.4 Å². The summed E-state index contributed by atoms with van der Waals surface area (Å²) in [6.45, 7) is 7.56. The lowest BCUT2D eigenvalue weighted by Gasteiger charge is -2.25. The van der Waals surface area contributed by atoms with Crippen molar-refractivity contribution in [2.75, 3.05) is 6.61 Å². The van der Waals surface area contributed by atoms with Crippen molar-refractivity contribution in [2.45, 2.75) is 46.2 Å². The Hall–Kier alpha value is -1.73. The second-order valence-electron chi connectivity index (χ2n) is 6.53. The van der Waals surface area contributed by atoms with Crippen LogP contribution in [0.15, 0.2) is 12.1 Å². The monoisotopic (exact) mass is 354 g/mol. The van der Waals surface area contributed by atoms with E-state index in [1.165, 1.54) is 0 Å². The lowest BCUT2D eigenvalue weighted by Crippen LogP contribution is -2.52. The van der Waals surface area contributed by atoms with Crippen molar-refractivity contribution in [3.05, 3.63) is 21.9 Å². The first kappa shape index (κ1) is 20.3. The van der Waals surface area contributed by atoms with Gasteiger partial charge in [0.05, 0.1) is 22.4 Å². The minimum atomic E-state index is -0.708. The van der Waals surface area contributed by atoms with Crippen molar-refractivity contribution in [3.63, 3.8) is 0 Å². The second kappa shape index (κ2) is 9.54. The fourth-order valence-electron chi connectivity index (χ4n) is 2.32. The highest BCUT2D eigenvalue weighted by Crippen LogP contribution is 2.15. The molecule has 2 amide bonds. The van der Waals surface area contributed by atoms with Crippen LogP contribution in [0.4, 0.5) is 0 Å². The molecular formula is C17H26N2O4S. The minimum absolute atomic E-state index is 0.113. The summed E-state index contributed by atoms with van der Waals surface area (Å²) in [5, 5.41) is 14.9. The summed E-state index contributed by atoms with van der Waals surface area (Å²) >= 11 is 1.08. The quantitative estimate of drug-likeness (QED) is 0.590. The molecule has 0 spiro atoms. The standard InChI is InChI=1S/C17H26N2O4S/c1-10(2)7-12(8-20)18-17(23)15(11(3)4)19-16(22)14-6-5-13(9-21)24-14/h5-6,9-12,15,20H,7-8H2,1-4H3,(H,18,23)(H,19,22)/t12-,15-/m0/s1. The number of nitrogens with one attached hydrogen (secondary N) is 2. The first-order valence-corrected chi connectivity index (χ1v) is 8.87. The van der Waals surface area contributed by atoms with Gasteiger partial charge in [0.2, 0.25) is 5.91 Å². The molecule has 1 heterocycles. The van der Waals surface area contributed by atoms with E-state index in [0.717, 1.165) is 11.3 Å². The van der Waals surface area contributed by atoms with Gasteiger partial charge in [-0.05, 0) is 30.4 Å². The van der Waals surface area contributed by atoms with E-state index in [4.69, 9.17) is 0 Å². The highest BCUT2D eigenvalue weighted by Gasteiger charge is 2.27. The lowest BCUT2D eigenvalue weighted by molar-refractivity contribution is -0.125. The first-order chi connectivity index (χ1) is 11.3. The van der Waals surface area contributed by atoms with Gasteiger partial charge >= 0.3 is 0 Å². The van der Waals surface area contributed by atoms with Crippen molar-refractivity contribution in [1.82, 2.24) is 10.6 Å². The lowest BCUT2D eigenvalue weighted by atomic mass is 10.0. The first-order valence-electron chi connectivity index (χ1n) is 8.05. The van der Waals surface area contributed by atoms with Gasteiger partial charge in [-0.15, -0.1) is 11.3 Å². The predicted molar refractivity (Wildman–Crippen MR) is 94.3 cm³/mol. The number of hydrogen-bond donors (Lipinski definition) is 3. The topological polar surface area (TPSA) is 95.5 Å². The molecule has 0 aromatic carbocycles. The number of thiophene rings is 1. The average Bonchev–Trinajstić information content (AvgIpc) is 2.99. The number of aldehydes is 1. The summed E-state index contributed by atoms with van der Waals surface area (Å²) in [5.41, 5.74) is 0. The molecule has 2 atom stereocenters. The van der Waals surface area contributed by atoms with Gasteiger partial charge in [-0.3, -0.25) is 14.4 Å². The minimum Gasteiger partial charge on any atom is -0.394 e. The van der Waals surface area contributed by atoms with Crippen LogP contribution in [0, 0.1) is 11.8 Å². The molecule has 0 saturated carbocycles. The fourth-order valence-corrected chi connectivity index (χ4v) is 3.05. The van der Waals surface area contributed by atoms with Gasteiger partial charge in [-0.1, -0.05) is 27.7 Å². The fraction of sp³-hybridized carbons (Fsp3) is 0.588. The number of aliphatic hydroxyl groups excluding tert-OH is 1. The maximum absolute atomic E-state index is 12.5. The van der Waals surface area contributed by atoms with Crippen LogP contribution in [-0.2, 0) is 4.79 Å². The molecule has 0 bridgehead atoms. The Balaban J connectivity index is 2.76. The summed E-state index contributed by atoms with van der Waals surface area (Å²) in [4.78, 5) is 36.3. The third-order valence-electron chi connectivity index (χ3n) is 3.53. The summed E-state index contributed by atoms with van der Waals surface area (Å²) in [7, 11) is 0. The summed E-state index contributed by atoms with van der Waals surface area (Å²) in [6, 6.07) is 2.09. The Morgan fingerprint density at radius 1 is 1.21 bits per heavy atom. The van der Waals surface area contributed by atoms with Gasteiger partial charge in [0.1, 0.15) is 6.04 Å². The Morgan fingerprint density at radius 3 is 2.33 bits per heavy atom. The molecule has 3 N–H and O–H groups in total. The van der Waals surface area contributed by atoms with E-state index in [-0.39, 0.29) is 30.4 Å². The second-order valence-corrected chi connectivity index (χ2v) is 7.65. The van der Waals surface area contributed by atoms with E-state index < -0.39 is 6.04 Å². The van der Waals surface area contributed by atoms with Crippen LogP contribution in [0.1, 0.15) is 53.5 Å². The average molecular weight is 354 g/mol. The highest BCUT2D eigenvalue weighted by atomic mass is 32.1. The molecule has 134 valence electrons. The zero-order chi connectivity index (χ0) is 18.3. The van der Waals surface area contributed by atoms with Crippen molar-refractivity contribution >= 4 is 29.4 Å². The Morgan fingerprint density at radius 2 is 1.88 bits per heavy atom. The van der Waals surface area contributed by atoms with Crippen molar-refractivity contribution in [2.24, 2.45) is 11.8 Å². The van der Waals surface area contributed by atoms with Crippen LogP contribution in [0.5, 0.6) is 0 Å². The zero-order valence-electron chi connectivity index (χ0n) is 14.5. The summed E-state index contributed by atoms with van der Waals surface area (Å²) < 4.78 is 0. The van der Waals surface area contributed by atoms with Gasteiger partial charge in [-0.2, -0.15) is 0 Å². The largest absolute Gasteiger partial charge is 0.394 e. The van der Waals surface area contributed by atoms with E-state index >= 15 is 0 Å². The Kier molecular flexibility index (Phi) is 8.07. The number of carbonyl (C=O) groups excluding carboxylic acids is 3. The Labute approximate surface area is 146 Å². The predicted octanol–water partition coefficient (Wildman–Crippen LogP) is 1.84. The molecule has 24 heavy (non-hydrogen) atoms.